The predicted molar refractivity (Wildman–Crippen MR) is 186 cm³/mol. The van der Waals surface area contributed by atoms with E-state index in [-0.39, 0.29) is 34.3 Å². The Kier molecular flexibility index (Phi) is 12.0. The Hall–Kier alpha value is -5.32. The lowest BCUT2D eigenvalue weighted by Crippen LogP contribution is -2.54. The van der Waals surface area contributed by atoms with Gasteiger partial charge in [0.25, 0.3) is 0 Å². The van der Waals surface area contributed by atoms with Gasteiger partial charge in [0.1, 0.15) is 28.7 Å². The Morgan fingerprint density at radius 1 is 0.333 bits per heavy atom. The Morgan fingerprint density at radius 2 is 0.686 bits per heavy atom. The third kappa shape index (κ3) is 8.71. The first-order valence-electron chi connectivity index (χ1n) is 15.6. The van der Waals surface area contributed by atoms with Gasteiger partial charge in [0.2, 0.25) is 5.41 Å². The summed E-state index contributed by atoms with van der Waals surface area (Å²) < 4.78 is 83.5. The second-order valence-electron chi connectivity index (χ2n) is 12.5. The first-order valence-corrected chi connectivity index (χ1v) is 15.6. The summed E-state index contributed by atoms with van der Waals surface area (Å²) in [5, 5.41) is 46.9. The van der Waals surface area contributed by atoms with Crippen LogP contribution < -0.4 is 0 Å². The van der Waals surface area contributed by atoms with E-state index in [1.54, 1.807) is 39.0 Å². The van der Waals surface area contributed by atoms with Gasteiger partial charge in [0, 0.05) is 6.07 Å². The van der Waals surface area contributed by atoms with Crippen LogP contribution in [-0.4, -0.2) is 37.9 Å². The molecule has 0 radical (unpaired) electrons. The molecule has 0 unspecified atom stereocenters. The molecule has 0 bridgehead atoms. The maximum atomic E-state index is 13.9. The van der Waals surface area contributed by atoms with Gasteiger partial charge in [0.15, 0.2) is 0 Å². The molecule has 0 aromatic heterocycles. The van der Waals surface area contributed by atoms with E-state index >= 15 is 0 Å². The molecule has 0 aliphatic heterocycles. The van der Waals surface area contributed by atoms with Gasteiger partial charge in [-0.1, -0.05) is 54.6 Å². The van der Waals surface area contributed by atoms with Crippen LogP contribution in [0.4, 0.5) is 26.3 Å². The molecule has 272 valence electrons. The molecule has 5 N–H and O–H groups in total. The Labute approximate surface area is 292 Å². The maximum Gasteiger partial charge on any atom is 0.411 e. The highest BCUT2D eigenvalue weighted by atomic mass is 19.4. The molecule has 11 heteroatoms. The van der Waals surface area contributed by atoms with E-state index in [1.807, 2.05) is 38.1 Å². The van der Waals surface area contributed by atoms with Gasteiger partial charge < -0.3 is 25.5 Å². The number of hydrogen-bond acceptors (Lipinski definition) is 5. The molecule has 0 fully saturated rings. The van der Waals surface area contributed by atoms with Gasteiger partial charge in [0.05, 0.1) is 0 Å². The molecule has 5 nitrogen and oxygen atoms in total. The lowest BCUT2D eigenvalue weighted by atomic mass is 9.72. The largest absolute Gasteiger partial charge is 0.508 e. The van der Waals surface area contributed by atoms with E-state index in [1.165, 1.54) is 26.0 Å². The monoisotopic (exact) mass is 714 g/mol. The topological polar surface area (TPSA) is 101 Å². The smallest absolute Gasteiger partial charge is 0.411 e. The predicted octanol–water partition coefficient (Wildman–Crippen LogP) is 10.8. The van der Waals surface area contributed by atoms with E-state index in [0.717, 1.165) is 57.6 Å². The highest BCUT2D eigenvalue weighted by Crippen LogP contribution is 2.56. The van der Waals surface area contributed by atoms with Crippen molar-refractivity contribution in [2.45, 2.75) is 66.2 Å². The Bertz CT molecular complexity index is 1850. The first-order chi connectivity index (χ1) is 23.5. The molecule has 0 heterocycles. The zero-order valence-electron chi connectivity index (χ0n) is 29.1. The van der Waals surface area contributed by atoms with E-state index in [9.17, 15) is 41.7 Å². The van der Waals surface area contributed by atoms with E-state index in [2.05, 4.69) is 0 Å². The summed E-state index contributed by atoms with van der Waals surface area (Å²) in [5.74, 6) is 0.461. The minimum atomic E-state index is -5.63. The zero-order valence-corrected chi connectivity index (χ0v) is 29.1. The lowest BCUT2D eigenvalue weighted by Gasteiger charge is -2.38. The summed E-state index contributed by atoms with van der Waals surface area (Å²) in [6.07, 6.45) is -11.3. The zero-order chi connectivity index (χ0) is 38.6. The van der Waals surface area contributed by atoms with Crippen molar-refractivity contribution in [1.29, 1.82) is 0 Å². The summed E-state index contributed by atoms with van der Waals surface area (Å²) in [6, 6.07) is 19.3. The van der Waals surface area contributed by atoms with Crippen LogP contribution in [0.3, 0.4) is 0 Å². The lowest BCUT2D eigenvalue weighted by molar-refractivity contribution is -0.288. The molecule has 0 amide bonds. The van der Waals surface area contributed by atoms with Crippen molar-refractivity contribution in [2.24, 2.45) is 0 Å². The molecule has 51 heavy (non-hydrogen) atoms. The van der Waals surface area contributed by atoms with Crippen molar-refractivity contribution in [3.05, 3.63) is 135 Å². The van der Waals surface area contributed by atoms with E-state index < -0.39 is 28.9 Å². The van der Waals surface area contributed by atoms with Gasteiger partial charge in [-0.3, -0.25) is 0 Å². The molecule has 5 rings (SSSR count). The van der Waals surface area contributed by atoms with E-state index in [4.69, 9.17) is 10.2 Å². The van der Waals surface area contributed by atoms with Crippen molar-refractivity contribution in [2.75, 3.05) is 0 Å². The summed E-state index contributed by atoms with van der Waals surface area (Å²) >= 11 is 0. The molecule has 0 spiro atoms. The summed E-state index contributed by atoms with van der Waals surface area (Å²) in [6.45, 7) is 11.6. The number of rotatable bonds is 3. The number of halogens is 6. The third-order valence-corrected chi connectivity index (χ3v) is 8.69. The van der Waals surface area contributed by atoms with Crippen LogP contribution in [0.1, 0.15) is 50.1 Å². The van der Waals surface area contributed by atoms with Crippen molar-refractivity contribution in [1.82, 2.24) is 0 Å². The summed E-state index contributed by atoms with van der Waals surface area (Å²) in [4.78, 5) is 0. The molecule has 0 aliphatic carbocycles. The Balaban J connectivity index is 0.000000229. The Morgan fingerprint density at radius 3 is 1.04 bits per heavy atom. The number of alkyl halides is 6. The van der Waals surface area contributed by atoms with Crippen LogP contribution in [0.2, 0.25) is 0 Å². The molecular formula is C40H40F6O5. The second-order valence-corrected chi connectivity index (χ2v) is 12.5. The van der Waals surface area contributed by atoms with Crippen LogP contribution in [0, 0.1) is 48.5 Å². The number of aryl methyl sites for hydroxylation is 7. The number of hydrogen-bond donors (Lipinski definition) is 5. The van der Waals surface area contributed by atoms with Crippen molar-refractivity contribution in [3.8, 4) is 39.9 Å². The third-order valence-electron chi connectivity index (χ3n) is 8.69. The molecule has 0 atom stereocenters. The van der Waals surface area contributed by atoms with Crippen LogP contribution >= 0.6 is 0 Å². The molecular weight excluding hydrogens is 674 g/mol. The van der Waals surface area contributed by atoms with Crippen LogP contribution in [0.15, 0.2) is 84.9 Å². The molecule has 5 aromatic rings. The quantitative estimate of drug-likeness (QED) is 0.120. The molecule has 0 saturated carbocycles. The average Bonchev–Trinajstić information content (AvgIpc) is 3.02. The van der Waals surface area contributed by atoms with Crippen LogP contribution in [-0.2, 0) is 5.41 Å². The molecule has 0 saturated heterocycles. The van der Waals surface area contributed by atoms with Crippen molar-refractivity contribution < 1.29 is 51.9 Å². The van der Waals surface area contributed by atoms with Crippen molar-refractivity contribution in [3.63, 3.8) is 0 Å². The first kappa shape index (κ1) is 40.1. The number of aromatic hydroxyl groups is 5. The summed E-state index contributed by atoms with van der Waals surface area (Å²) in [5.41, 5.74) is -0.153. The maximum absolute atomic E-state index is 13.9. The van der Waals surface area contributed by atoms with Crippen LogP contribution in [0.25, 0.3) is 11.1 Å². The number of phenols is 5. The van der Waals surface area contributed by atoms with Gasteiger partial charge >= 0.3 is 12.4 Å². The fraction of sp³-hybridized carbons (Fsp3) is 0.250. The van der Waals surface area contributed by atoms with Gasteiger partial charge in [-0.2, -0.15) is 26.3 Å². The minimum absolute atomic E-state index is 0.0702. The fourth-order valence-electron chi connectivity index (χ4n) is 5.25. The number of benzene rings is 5. The van der Waals surface area contributed by atoms with E-state index in [0.29, 0.717) is 17.2 Å². The standard InChI is InChI=1S/C18H16F6O.C14H14O2.C8H10O2/c1-10-4-5-13(8-11(10)2)16(17(19,20)21,18(22,23)24)14-6-7-15(25)12(3)9-14;1-9-3-5-11(7-13(9)15)12-6-4-10(2)14(16)8-12;1-5-3-6(2)8(10)4-7(5)9/h4-9,25H,1-3H3;3-8,15-16H,1-2H3;3-4,9-10H,1-2H3. The van der Waals surface area contributed by atoms with Gasteiger partial charge in [-0.05, 0) is 134 Å². The highest BCUT2D eigenvalue weighted by molar-refractivity contribution is 5.68. The summed E-state index contributed by atoms with van der Waals surface area (Å²) in [7, 11) is 0. The normalized spacial score (nSPS) is 11.6. The molecule has 0 aliphatic rings. The van der Waals surface area contributed by atoms with Crippen molar-refractivity contribution >= 4 is 0 Å². The van der Waals surface area contributed by atoms with Gasteiger partial charge in [-0.15, -0.1) is 0 Å². The average molecular weight is 715 g/mol. The SMILES string of the molecule is Cc1cc(C)c(O)cc1O.Cc1ccc(-c2ccc(C)c(O)c2)cc1O.Cc1ccc(C(c2ccc(O)c(C)c2)(C(F)(F)F)C(F)(F)F)cc1C. The fourth-order valence-corrected chi connectivity index (χ4v) is 5.25. The molecule has 5 aromatic carbocycles. The second kappa shape index (κ2) is 15.3. The minimum Gasteiger partial charge on any atom is -0.508 e. The van der Waals surface area contributed by atoms with Gasteiger partial charge in [-0.25, -0.2) is 0 Å². The highest BCUT2D eigenvalue weighted by Gasteiger charge is 2.72. The van der Waals surface area contributed by atoms with Crippen LogP contribution in [0.5, 0.6) is 28.7 Å². The number of phenolic OH excluding ortho intramolecular Hbond substituents is 5.